The van der Waals surface area contributed by atoms with Gasteiger partial charge in [0.2, 0.25) is 0 Å². The Morgan fingerprint density at radius 1 is 1.50 bits per heavy atom. The van der Waals surface area contributed by atoms with Crippen LogP contribution in [0.15, 0.2) is 0 Å². The van der Waals surface area contributed by atoms with Gasteiger partial charge in [-0.05, 0) is 26.2 Å². The second-order valence-corrected chi connectivity index (χ2v) is 5.58. The van der Waals surface area contributed by atoms with Crippen molar-refractivity contribution in [2.24, 2.45) is 5.92 Å². The van der Waals surface area contributed by atoms with Gasteiger partial charge in [0.05, 0.1) is 18.3 Å². The molecule has 0 aliphatic carbocycles. The van der Waals surface area contributed by atoms with Crippen molar-refractivity contribution in [3.63, 3.8) is 0 Å². The molecule has 0 radical (unpaired) electrons. The van der Waals surface area contributed by atoms with Gasteiger partial charge in [-0.3, -0.25) is 4.79 Å². The highest BCUT2D eigenvalue weighted by Crippen LogP contribution is 2.36. The van der Waals surface area contributed by atoms with Gasteiger partial charge < -0.3 is 14.2 Å². The molecule has 2 fully saturated rings. The Kier molecular flexibility index (Phi) is 4.76. The summed E-state index contributed by atoms with van der Waals surface area (Å²) in [4.78, 5) is 12.2. The van der Waals surface area contributed by atoms with Crippen LogP contribution < -0.4 is 0 Å². The van der Waals surface area contributed by atoms with E-state index >= 15 is 0 Å². The largest absolute Gasteiger partial charge is 0.382 e. The number of carbonyl (C=O) groups excluding carboxylic acids is 1. The molecular formula is C14H24O4. The lowest BCUT2D eigenvalue weighted by atomic mass is 9.82. The van der Waals surface area contributed by atoms with E-state index in [0.717, 1.165) is 32.3 Å². The van der Waals surface area contributed by atoms with Crippen molar-refractivity contribution in [3.8, 4) is 0 Å². The zero-order chi connectivity index (χ0) is 13.0. The zero-order valence-electron chi connectivity index (χ0n) is 11.4. The molecule has 104 valence electrons. The SMILES string of the molecule is COC(C)CCC(=O)C1CCOC2(CCOC2)C1. The molecule has 0 N–H and O–H groups in total. The molecule has 2 rings (SSSR count). The quantitative estimate of drug-likeness (QED) is 0.754. The average Bonchev–Trinajstić information content (AvgIpc) is 2.83. The number of methoxy groups -OCH3 is 1. The smallest absolute Gasteiger partial charge is 0.136 e. The van der Waals surface area contributed by atoms with Crippen molar-refractivity contribution in [2.75, 3.05) is 26.9 Å². The normalized spacial score (nSPS) is 33.8. The van der Waals surface area contributed by atoms with Crippen LogP contribution >= 0.6 is 0 Å². The second kappa shape index (κ2) is 6.13. The fraction of sp³-hybridized carbons (Fsp3) is 0.929. The lowest BCUT2D eigenvalue weighted by Gasteiger charge is -2.36. The Hall–Kier alpha value is -0.450. The van der Waals surface area contributed by atoms with Crippen molar-refractivity contribution >= 4 is 5.78 Å². The summed E-state index contributed by atoms with van der Waals surface area (Å²) < 4.78 is 16.5. The molecule has 2 heterocycles. The maximum absolute atomic E-state index is 12.2. The first kappa shape index (κ1) is 14.0. The summed E-state index contributed by atoms with van der Waals surface area (Å²) in [6, 6.07) is 0. The summed E-state index contributed by atoms with van der Waals surface area (Å²) >= 11 is 0. The maximum Gasteiger partial charge on any atom is 0.136 e. The molecule has 2 aliphatic rings. The van der Waals surface area contributed by atoms with Crippen LogP contribution in [0.2, 0.25) is 0 Å². The van der Waals surface area contributed by atoms with E-state index in [1.165, 1.54) is 0 Å². The zero-order valence-corrected chi connectivity index (χ0v) is 11.4. The molecule has 0 aromatic heterocycles. The first-order valence-electron chi connectivity index (χ1n) is 6.92. The highest BCUT2D eigenvalue weighted by molar-refractivity contribution is 5.81. The first-order chi connectivity index (χ1) is 8.65. The van der Waals surface area contributed by atoms with Crippen LogP contribution in [0.4, 0.5) is 0 Å². The van der Waals surface area contributed by atoms with Crippen LogP contribution in [0, 0.1) is 5.92 Å². The van der Waals surface area contributed by atoms with E-state index in [0.29, 0.717) is 25.4 Å². The van der Waals surface area contributed by atoms with Gasteiger partial charge in [-0.2, -0.15) is 0 Å². The minimum atomic E-state index is -0.161. The minimum Gasteiger partial charge on any atom is -0.382 e. The molecule has 4 heteroatoms. The standard InChI is InChI=1S/C14H24O4/c1-11(16-2)3-4-13(15)12-5-7-18-14(9-12)6-8-17-10-14/h11-12H,3-10H2,1-2H3. The van der Waals surface area contributed by atoms with Gasteiger partial charge in [-0.15, -0.1) is 0 Å². The van der Waals surface area contributed by atoms with Gasteiger partial charge in [-0.1, -0.05) is 0 Å². The van der Waals surface area contributed by atoms with Crippen LogP contribution in [0.5, 0.6) is 0 Å². The Bertz CT molecular complexity index is 284. The monoisotopic (exact) mass is 256 g/mol. The van der Waals surface area contributed by atoms with Crippen LogP contribution in [0.25, 0.3) is 0 Å². The van der Waals surface area contributed by atoms with Crippen molar-refractivity contribution in [2.45, 2.75) is 50.7 Å². The molecule has 4 nitrogen and oxygen atoms in total. The van der Waals surface area contributed by atoms with Gasteiger partial charge in [-0.25, -0.2) is 0 Å². The van der Waals surface area contributed by atoms with E-state index in [2.05, 4.69) is 0 Å². The third kappa shape index (κ3) is 3.31. The van der Waals surface area contributed by atoms with Crippen molar-refractivity contribution in [3.05, 3.63) is 0 Å². The maximum atomic E-state index is 12.2. The number of Topliss-reactive ketones (excluding diaryl/α,β-unsaturated/α-hetero) is 1. The number of ether oxygens (including phenoxy) is 3. The van der Waals surface area contributed by atoms with Gasteiger partial charge >= 0.3 is 0 Å². The molecule has 2 aliphatic heterocycles. The summed E-state index contributed by atoms with van der Waals surface area (Å²) in [5, 5.41) is 0. The van der Waals surface area contributed by atoms with E-state index in [4.69, 9.17) is 14.2 Å². The summed E-state index contributed by atoms with van der Waals surface area (Å²) in [6.07, 6.45) is 4.24. The summed E-state index contributed by atoms with van der Waals surface area (Å²) in [7, 11) is 1.69. The summed E-state index contributed by atoms with van der Waals surface area (Å²) in [5.74, 6) is 0.526. The van der Waals surface area contributed by atoms with Crippen molar-refractivity contribution in [1.82, 2.24) is 0 Å². The highest BCUT2D eigenvalue weighted by atomic mass is 16.6. The number of ketones is 1. The van der Waals surface area contributed by atoms with E-state index < -0.39 is 0 Å². The predicted molar refractivity (Wildman–Crippen MR) is 67.6 cm³/mol. The fourth-order valence-electron chi connectivity index (χ4n) is 2.83. The number of rotatable bonds is 5. The molecule has 3 atom stereocenters. The van der Waals surface area contributed by atoms with Crippen LogP contribution in [0.1, 0.15) is 39.0 Å². The molecule has 18 heavy (non-hydrogen) atoms. The van der Waals surface area contributed by atoms with Crippen molar-refractivity contribution < 1.29 is 19.0 Å². The highest BCUT2D eigenvalue weighted by Gasteiger charge is 2.42. The van der Waals surface area contributed by atoms with E-state index in [1.807, 2.05) is 6.92 Å². The predicted octanol–water partition coefficient (Wildman–Crippen LogP) is 1.96. The van der Waals surface area contributed by atoms with E-state index in [9.17, 15) is 4.79 Å². The Morgan fingerprint density at radius 3 is 3.00 bits per heavy atom. The summed E-state index contributed by atoms with van der Waals surface area (Å²) in [6.45, 7) is 4.12. The second-order valence-electron chi connectivity index (χ2n) is 5.58. The first-order valence-corrected chi connectivity index (χ1v) is 6.92. The molecule has 0 bridgehead atoms. The number of carbonyl (C=O) groups is 1. The number of hydrogen-bond acceptors (Lipinski definition) is 4. The molecule has 0 amide bonds. The van der Waals surface area contributed by atoms with Crippen molar-refractivity contribution in [1.29, 1.82) is 0 Å². The molecule has 0 aromatic carbocycles. The van der Waals surface area contributed by atoms with Gasteiger partial charge in [0, 0.05) is 39.1 Å². The third-order valence-electron chi connectivity index (χ3n) is 4.22. The van der Waals surface area contributed by atoms with Crippen LogP contribution in [-0.4, -0.2) is 44.4 Å². The molecule has 1 spiro atoms. The minimum absolute atomic E-state index is 0.157. The van der Waals surface area contributed by atoms with Gasteiger partial charge in [0.15, 0.2) is 0 Å². The van der Waals surface area contributed by atoms with E-state index in [-0.39, 0.29) is 17.6 Å². The topological polar surface area (TPSA) is 44.8 Å². The molecular weight excluding hydrogens is 232 g/mol. The lowest BCUT2D eigenvalue weighted by Crippen LogP contribution is -2.42. The lowest BCUT2D eigenvalue weighted by molar-refractivity contribution is -0.137. The Balaban J connectivity index is 1.82. The van der Waals surface area contributed by atoms with Crippen LogP contribution in [0.3, 0.4) is 0 Å². The Labute approximate surface area is 109 Å². The average molecular weight is 256 g/mol. The van der Waals surface area contributed by atoms with E-state index in [1.54, 1.807) is 7.11 Å². The molecule has 2 saturated heterocycles. The molecule has 0 saturated carbocycles. The summed E-state index contributed by atoms with van der Waals surface area (Å²) in [5.41, 5.74) is -0.161. The van der Waals surface area contributed by atoms with Gasteiger partial charge in [0.25, 0.3) is 0 Å². The molecule has 3 unspecified atom stereocenters. The van der Waals surface area contributed by atoms with Crippen LogP contribution in [-0.2, 0) is 19.0 Å². The Morgan fingerprint density at radius 2 is 2.33 bits per heavy atom. The van der Waals surface area contributed by atoms with Gasteiger partial charge in [0.1, 0.15) is 5.78 Å². The fourth-order valence-corrected chi connectivity index (χ4v) is 2.83. The third-order valence-corrected chi connectivity index (χ3v) is 4.22. The number of hydrogen-bond donors (Lipinski definition) is 0. The molecule has 0 aromatic rings.